The van der Waals surface area contributed by atoms with E-state index >= 15 is 0 Å². The molecular formula is C12H17NO4. The van der Waals surface area contributed by atoms with Crippen molar-refractivity contribution < 1.29 is 19.8 Å². The second-order valence-corrected chi connectivity index (χ2v) is 2.94. The monoisotopic (exact) mass is 239 g/mol. The van der Waals surface area contributed by atoms with Gasteiger partial charge in [0.25, 0.3) is 0 Å². The van der Waals surface area contributed by atoms with E-state index in [1.807, 2.05) is 13.8 Å². The van der Waals surface area contributed by atoms with Crippen LogP contribution in [0.2, 0.25) is 0 Å². The minimum absolute atomic E-state index is 0.211. The van der Waals surface area contributed by atoms with Gasteiger partial charge in [0.15, 0.2) is 0 Å². The van der Waals surface area contributed by atoms with Crippen LogP contribution in [0, 0.1) is 0 Å². The first-order chi connectivity index (χ1) is 8.04. The zero-order chi connectivity index (χ0) is 13.4. The molecule has 17 heavy (non-hydrogen) atoms. The van der Waals surface area contributed by atoms with E-state index in [4.69, 9.17) is 5.11 Å². The molecule has 0 heterocycles. The van der Waals surface area contributed by atoms with E-state index in [1.54, 1.807) is 6.92 Å². The molecule has 0 aliphatic carbocycles. The fraction of sp³-hybridized carbons (Fsp3) is 0.333. The second kappa shape index (κ2) is 7.27. The predicted octanol–water partition coefficient (Wildman–Crippen LogP) is 2.47. The SMILES string of the molecule is CC.CCC(=O)Nc1ccc(O)c(C(=O)O)c1. The summed E-state index contributed by atoms with van der Waals surface area (Å²) in [4.78, 5) is 21.7. The van der Waals surface area contributed by atoms with E-state index in [2.05, 4.69) is 5.32 Å². The average molecular weight is 239 g/mol. The summed E-state index contributed by atoms with van der Waals surface area (Å²) in [7, 11) is 0. The van der Waals surface area contributed by atoms with Gasteiger partial charge >= 0.3 is 5.97 Å². The number of carbonyl (C=O) groups excluding carboxylic acids is 1. The number of phenols is 1. The maximum absolute atomic E-state index is 11.0. The molecule has 0 bridgehead atoms. The molecule has 3 N–H and O–H groups in total. The van der Waals surface area contributed by atoms with Crippen LogP contribution in [0.4, 0.5) is 5.69 Å². The number of anilines is 1. The number of benzene rings is 1. The van der Waals surface area contributed by atoms with Crippen molar-refractivity contribution in [2.24, 2.45) is 0 Å². The van der Waals surface area contributed by atoms with Crippen LogP contribution in [0.15, 0.2) is 18.2 Å². The lowest BCUT2D eigenvalue weighted by molar-refractivity contribution is -0.115. The molecular weight excluding hydrogens is 222 g/mol. The average Bonchev–Trinajstić information content (AvgIpc) is 2.33. The molecule has 0 radical (unpaired) electrons. The summed E-state index contributed by atoms with van der Waals surface area (Å²) < 4.78 is 0. The van der Waals surface area contributed by atoms with Crippen molar-refractivity contribution in [3.63, 3.8) is 0 Å². The number of rotatable bonds is 3. The number of aromatic hydroxyl groups is 1. The number of carboxylic acids is 1. The first-order valence-corrected chi connectivity index (χ1v) is 5.40. The molecule has 0 saturated carbocycles. The highest BCUT2D eigenvalue weighted by Gasteiger charge is 2.10. The van der Waals surface area contributed by atoms with Crippen molar-refractivity contribution in [1.29, 1.82) is 0 Å². The summed E-state index contributed by atoms with van der Waals surface area (Å²) in [5.74, 6) is -1.77. The lowest BCUT2D eigenvalue weighted by atomic mass is 10.2. The molecule has 1 amide bonds. The van der Waals surface area contributed by atoms with Crippen molar-refractivity contribution in [3.8, 4) is 5.75 Å². The predicted molar refractivity (Wildman–Crippen MR) is 65.3 cm³/mol. The van der Waals surface area contributed by atoms with Crippen LogP contribution in [-0.4, -0.2) is 22.1 Å². The van der Waals surface area contributed by atoms with Gasteiger partial charge < -0.3 is 15.5 Å². The van der Waals surface area contributed by atoms with Crippen LogP contribution in [0.3, 0.4) is 0 Å². The normalized spacial score (nSPS) is 8.88. The molecule has 0 spiro atoms. The first-order valence-electron chi connectivity index (χ1n) is 5.40. The Morgan fingerprint density at radius 1 is 1.29 bits per heavy atom. The minimum atomic E-state index is -1.24. The van der Waals surface area contributed by atoms with Crippen molar-refractivity contribution in [1.82, 2.24) is 0 Å². The molecule has 0 unspecified atom stereocenters. The van der Waals surface area contributed by atoms with Gasteiger partial charge in [0.2, 0.25) is 5.91 Å². The summed E-state index contributed by atoms with van der Waals surface area (Å²) in [6, 6.07) is 3.88. The van der Waals surface area contributed by atoms with E-state index in [0.717, 1.165) is 0 Å². The highest BCUT2D eigenvalue weighted by Crippen LogP contribution is 2.21. The summed E-state index contributed by atoms with van der Waals surface area (Å²) in [6.45, 7) is 5.69. The van der Waals surface area contributed by atoms with E-state index in [0.29, 0.717) is 12.1 Å². The smallest absolute Gasteiger partial charge is 0.339 e. The topological polar surface area (TPSA) is 86.6 Å². The number of carboxylic acid groups (broad SMARTS) is 1. The van der Waals surface area contributed by atoms with E-state index in [1.165, 1.54) is 18.2 Å². The van der Waals surface area contributed by atoms with Crippen molar-refractivity contribution in [2.45, 2.75) is 27.2 Å². The maximum Gasteiger partial charge on any atom is 0.339 e. The van der Waals surface area contributed by atoms with Gasteiger partial charge in [0, 0.05) is 12.1 Å². The lowest BCUT2D eigenvalue weighted by Crippen LogP contribution is -2.10. The Morgan fingerprint density at radius 3 is 2.35 bits per heavy atom. The number of hydrogen-bond donors (Lipinski definition) is 3. The zero-order valence-corrected chi connectivity index (χ0v) is 10.2. The lowest BCUT2D eigenvalue weighted by Gasteiger charge is -2.05. The molecule has 0 saturated heterocycles. The molecule has 0 atom stereocenters. The van der Waals surface area contributed by atoms with Crippen LogP contribution < -0.4 is 5.32 Å². The summed E-state index contributed by atoms with van der Waals surface area (Å²) in [5.41, 5.74) is 0.126. The molecule has 0 aromatic heterocycles. The van der Waals surface area contributed by atoms with Gasteiger partial charge in [-0.1, -0.05) is 20.8 Å². The molecule has 0 fully saturated rings. The molecule has 94 valence electrons. The third-order valence-electron chi connectivity index (χ3n) is 1.83. The third-order valence-corrected chi connectivity index (χ3v) is 1.83. The van der Waals surface area contributed by atoms with Gasteiger partial charge in [-0.3, -0.25) is 4.79 Å². The molecule has 0 aliphatic rings. The Labute approximate surface area is 100 Å². The Bertz CT molecular complexity index is 401. The fourth-order valence-corrected chi connectivity index (χ4v) is 1.03. The van der Waals surface area contributed by atoms with E-state index < -0.39 is 5.97 Å². The number of hydrogen-bond acceptors (Lipinski definition) is 3. The quantitative estimate of drug-likeness (QED) is 0.707. The maximum atomic E-state index is 11.0. The van der Waals surface area contributed by atoms with Crippen molar-refractivity contribution in [3.05, 3.63) is 23.8 Å². The molecule has 0 aliphatic heterocycles. The molecule has 1 rings (SSSR count). The third kappa shape index (κ3) is 4.55. The molecule has 5 nitrogen and oxygen atoms in total. The molecule has 5 heteroatoms. The molecule has 1 aromatic carbocycles. The largest absolute Gasteiger partial charge is 0.507 e. The van der Waals surface area contributed by atoms with Gasteiger partial charge in [0.1, 0.15) is 11.3 Å². The highest BCUT2D eigenvalue weighted by molar-refractivity contribution is 5.95. The van der Waals surface area contributed by atoms with Crippen LogP contribution in [0.5, 0.6) is 5.75 Å². The van der Waals surface area contributed by atoms with Gasteiger partial charge in [0.05, 0.1) is 0 Å². The second-order valence-electron chi connectivity index (χ2n) is 2.94. The number of carbonyl (C=O) groups is 2. The van der Waals surface area contributed by atoms with E-state index in [-0.39, 0.29) is 17.2 Å². The number of aromatic carboxylic acids is 1. The van der Waals surface area contributed by atoms with Gasteiger partial charge in [-0.15, -0.1) is 0 Å². The Morgan fingerprint density at radius 2 is 1.88 bits per heavy atom. The number of nitrogens with one attached hydrogen (secondary N) is 1. The van der Waals surface area contributed by atoms with Crippen molar-refractivity contribution in [2.75, 3.05) is 5.32 Å². The van der Waals surface area contributed by atoms with Crippen LogP contribution >= 0.6 is 0 Å². The summed E-state index contributed by atoms with van der Waals surface area (Å²) in [6.07, 6.45) is 0.309. The van der Waals surface area contributed by atoms with Gasteiger partial charge in [-0.2, -0.15) is 0 Å². The Balaban J connectivity index is 0.00000121. The Hall–Kier alpha value is -2.04. The number of amides is 1. The summed E-state index contributed by atoms with van der Waals surface area (Å²) >= 11 is 0. The zero-order valence-electron chi connectivity index (χ0n) is 10.2. The van der Waals surface area contributed by atoms with Gasteiger partial charge in [-0.05, 0) is 18.2 Å². The highest BCUT2D eigenvalue weighted by atomic mass is 16.4. The van der Waals surface area contributed by atoms with E-state index in [9.17, 15) is 14.7 Å². The van der Waals surface area contributed by atoms with Crippen LogP contribution in [-0.2, 0) is 4.79 Å². The standard InChI is InChI=1S/C10H11NO4.C2H6/c1-2-9(13)11-6-3-4-8(12)7(5-6)10(14)15;1-2/h3-5,12H,2H2,1H3,(H,11,13)(H,14,15);1-2H3. The van der Waals surface area contributed by atoms with Gasteiger partial charge in [-0.25, -0.2) is 4.79 Å². The minimum Gasteiger partial charge on any atom is -0.507 e. The van der Waals surface area contributed by atoms with Crippen molar-refractivity contribution >= 4 is 17.6 Å². The molecule has 1 aromatic rings. The first kappa shape index (κ1) is 15.0. The summed E-state index contributed by atoms with van der Waals surface area (Å²) in [5, 5.41) is 20.4. The fourth-order valence-electron chi connectivity index (χ4n) is 1.03. The Kier molecular flexibility index (Phi) is 6.40. The van der Waals surface area contributed by atoms with Crippen LogP contribution in [0.1, 0.15) is 37.6 Å². The van der Waals surface area contributed by atoms with Crippen LogP contribution in [0.25, 0.3) is 0 Å².